The zero-order valence-corrected chi connectivity index (χ0v) is 11.2. The van der Waals surface area contributed by atoms with Crippen molar-refractivity contribution in [3.05, 3.63) is 10.4 Å². The molecule has 0 spiro atoms. The van der Waals surface area contributed by atoms with Gasteiger partial charge in [0.1, 0.15) is 5.41 Å². The summed E-state index contributed by atoms with van der Waals surface area (Å²) in [7, 11) is 0. The first-order valence-corrected chi connectivity index (χ1v) is 6.15. The minimum Gasteiger partial charge on any atom is -0.480 e. The van der Waals surface area contributed by atoms with Gasteiger partial charge in [-0.05, 0) is 17.1 Å². The Bertz CT molecular complexity index is 358. The van der Waals surface area contributed by atoms with Gasteiger partial charge in [-0.25, -0.2) is 0 Å². The van der Waals surface area contributed by atoms with Crippen molar-refractivity contribution in [2.45, 2.75) is 38.9 Å². The molecule has 1 amide bonds. The molecule has 0 aromatic carbocycles. The molecule has 0 aliphatic heterocycles. The molecule has 0 bridgehead atoms. The number of rotatable bonds is 5. The maximum Gasteiger partial charge on any atom is 0.318 e. The molecule has 0 saturated heterocycles. The summed E-state index contributed by atoms with van der Waals surface area (Å²) in [6.07, 6.45) is 0.100. The predicted molar refractivity (Wildman–Crippen MR) is 66.7 cm³/mol. The number of carboxylic acids is 1. The lowest BCUT2D eigenvalue weighted by Crippen LogP contribution is -2.41. The highest BCUT2D eigenvalue weighted by molar-refractivity contribution is 8.00. The van der Waals surface area contributed by atoms with Crippen molar-refractivity contribution < 1.29 is 14.7 Å². The van der Waals surface area contributed by atoms with Gasteiger partial charge in [-0.15, -0.1) is 0 Å². The SMILES string of the molecule is CCC(CSC(C)(C)C)(C(=O)O)C(=O)N=[N+]=[N-]. The first-order valence-electron chi connectivity index (χ1n) is 5.16. The molecule has 1 N–H and O–H groups in total. The standard InChI is InChI=1S/C10H17N3O3S/c1-5-10(8(15)16,7(14)12-13-11)6-17-9(2,3)4/h5-6H2,1-4H3,(H,15,16). The normalized spacial score (nSPS) is 14.6. The summed E-state index contributed by atoms with van der Waals surface area (Å²) in [4.78, 5) is 25.3. The van der Waals surface area contributed by atoms with Crippen LogP contribution in [0.25, 0.3) is 10.4 Å². The lowest BCUT2D eigenvalue weighted by Gasteiger charge is -2.28. The van der Waals surface area contributed by atoms with Gasteiger partial charge in [-0.3, -0.25) is 9.59 Å². The fraction of sp³-hybridized carbons (Fsp3) is 0.800. The Morgan fingerprint density at radius 3 is 2.24 bits per heavy atom. The van der Waals surface area contributed by atoms with Gasteiger partial charge >= 0.3 is 5.97 Å². The monoisotopic (exact) mass is 259 g/mol. The molecular formula is C10H17N3O3S. The molecule has 0 aromatic rings. The Morgan fingerprint density at radius 1 is 1.41 bits per heavy atom. The van der Waals surface area contributed by atoms with Crippen LogP contribution in [0.4, 0.5) is 0 Å². The molecule has 1 unspecified atom stereocenters. The third-order valence-corrected chi connectivity index (χ3v) is 3.81. The van der Waals surface area contributed by atoms with Crippen molar-refractivity contribution in [3.63, 3.8) is 0 Å². The molecule has 96 valence electrons. The van der Waals surface area contributed by atoms with Gasteiger partial charge in [0.05, 0.1) is 0 Å². The second-order valence-electron chi connectivity index (χ2n) is 4.64. The van der Waals surface area contributed by atoms with E-state index < -0.39 is 17.3 Å². The van der Waals surface area contributed by atoms with E-state index in [1.54, 1.807) is 6.92 Å². The van der Waals surface area contributed by atoms with Crippen LogP contribution in [0.5, 0.6) is 0 Å². The van der Waals surface area contributed by atoms with Crippen LogP contribution in [0, 0.1) is 5.41 Å². The van der Waals surface area contributed by atoms with E-state index in [-0.39, 0.29) is 16.9 Å². The number of nitrogens with zero attached hydrogens (tertiary/aromatic N) is 3. The van der Waals surface area contributed by atoms with Crippen LogP contribution in [0.3, 0.4) is 0 Å². The van der Waals surface area contributed by atoms with Crippen LogP contribution in [0.1, 0.15) is 34.1 Å². The maximum absolute atomic E-state index is 11.6. The molecule has 0 aliphatic rings. The highest BCUT2D eigenvalue weighted by Gasteiger charge is 2.44. The average Bonchev–Trinajstić information content (AvgIpc) is 2.17. The number of thioether (sulfide) groups is 1. The smallest absolute Gasteiger partial charge is 0.318 e. The first-order chi connectivity index (χ1) is 7.69. The summed E-state index contributed by atoms with van der Waals surface area (Å²) in [5.74, 6) is -2.07. The third-order valence-electron chi connectivity index (χ3n) is 2.31. The zero-order valence-electron chi connectivity index (χ0n) is 10.4. The van der Waals surface area contributed by atoms with Gasteiger partial charge < -0.3 is 5.11 Å². The van der Waals surface area contributed by atoms with Gasteiger partial charge in [0.2, 0.25) is 5.91 Å². The topological polar surface area (TPSA) is 103 Å². The Morgan fingerprint density at radius 2 is 1.94 bits per heavy atom. The molecule has 6 nitrogen and oxygen atoms in total. The van der Waals surface area contributed by atoms with Crippen molar-refractivity contribution in [1.82, 2.24) is 0 Å². The molecule has 0 rings (SSSR count). The molecule has 0 aromatic heterocycles. The fourth-order valence-corrected chi connectivity index (χ4v) is 2.23. The first kappa shape index (κ1) is 15.8. The van der Waals surface area contributed by atoms with Crippen LogP contribution in [-0.4, -0.2) is 27.5 Å². The molecule has 0 aliphatic carbocycles. The van der Waals surface area contributed by atoms with E-state index >= 15 is 0 Å². The second-order valence-corrected chi connectivity index (χ2v) is 6.44. The summed E-state index contributed by atoms with van der Waals surface area (Å²) >= 11 is 1.36. The Hall–Kier alpha value is -1.20. The number of hydrogen-bond donors (Lipinski definition) is 1. The zero-order chi connectivity index (χ0) is 13.7. The van der Waals surface area contributed by atoms with Crippen molar-refractivity contribution in [1.29, 1.82) is 0 Å². The number of amides is 1. The average molecular weight is 259 g/mol. The number of carbonyl (C=O) groups excluding carboxylic acids is 1. The highest BCUT2D eigenvalue weighted by atomic mass is 32.2. The van der Waals surface area contributed by atoms with Gasteiger partial charge in [0.25, 0.3) is 0 Å². The highest BCUT2D eigenvalue weighted by Crippen LogP contribution is 2.35. The number of carbonyl (C=O) groups is 2. The van der Waals surface area contributed by atoms with Crippen LogP contribution < -0.4 is 0 Å². The number of carboxylic acid groups (broad SMARTS) is 1. The summed E-state index contributed by atoms with van der Waals surface area (Å²) in [6.45, 7) is 7.38. The van der Waals surface area contributed by atoms with Crippen LogP contribution in [0.2, 0.25) is 0 Å². The van der Waals surface area contributed by atoms with E-state index in [9.17, 15) is 14.7 Å². The summed E-state index contributed by atoms with van der Waals surface area (Å²) in [5.41, 5.74) is 6.62. The molecule has 0 fully saturated rings. The largest absolute Gasteiger partial charge is 0.480 e. The van der Waals surface area contributed by atoms with Crippen molar-refractivity contribution >= 4 is 23.6 Å². The number of hydrogen-bond acceptors (Lipinski definition) is 3. The van der Waals surface area contributed by atoms with E-state index in [1.165, 1.54) is 11.8 Å². The minimum absolute atomic E-state index is 0.0974. The van der Waals surface area contributed by atoms with Gasteiger partial charge in [-0.2, -0.15) is 11.8 Å². The van der Waals surface area contributed by atoms with E-state index in [2.05, 4.69) is 10.0 Å². The molecule has 7 heteroatoms. The van der Waals surface area contributed by atoms with Gasteiger partial charge in [-0.1, -0.05) is 27.7 Å². The van der Waals surface area contributed by atoms with Gasteiger partial charge in [0.15, 0.2) is 0 Å². The molecular weight excluding hydrogens is 242 g/mol. The fourth-order valence-electron chi connectivity index (χ4n) is 1.10. The van der Waals surface area contributed by atoms with Crippen LogP contribution >= 0.6 is 11.8 Å². The van der Waals surface area contributed by atoms with Crippen LogP contribution in [0.15, 0.2) is 5.11 Å². The van der Waals surface area contributed by atoms with Crippen molar-refractivity contribution in [2.24, 2.45) is 10.5 Å². The van der Waals surface area contributed by atoms with E-state index in [1.807, 2.05) is 20.8 Å². The van der Waals surface area contributed by atoms with Gasteiger partial charge in [0, 0.05) is 15.4 Å². The molecule has 1 atom stereocenters. The number of azide groups is 1. The number of aliphatic carboxylic acids is 1. The molecule has 17 heavy (non-hydrogen) atoms. The van der Waals surface area contributed by atoms with E-state index in [0.717, 1.165) is 0 Å². The minimum atomic E-state index is -1.62. The summed E-state index contributed by atoms with van der Waals surface area (Å²) in [6, 6.07) is 0. The predicted octanol–water partition coefficient (Wildman–Crippen LogP) is 2.84. The van der Waals surface area contributed by atoms with Crippen LogP contribution in [-0.2, 0) is 9.59 Å². The molecule has 0 heterocycles. The Balaban J connectivity index is 5.17. The molecule has 0 saturated carbocycles. The molecule has 0 radical (unpaired) electrons. The summed E-state index contributed by atoms with van der Waals surface area (Å²) in [5, 5.41) is 12.1. The lowest BCUT2D eigenvalue weighted by molar-refractivity contribution is -0.153. The van der Waals surface area contributed by atoms with E-state index in [0.29, 0.717) is 0 Å². The third kappa shape index (κ3) is 4.28. The van der Waals surface area contributed by atoms with E-state index in [4.69, 9.17) is 5.53 Å². The quantitative estimate of drug-likeness (QED) is 0.355. The lowest BCUT2D eigenvalue weighted by atomic mass is 9.87. The van der Waals surface area contributed by atoms with Crippen molar-refractivity contribution in [3.8, 4) is 0 Å². The Labute approximate surface area is 104 Å². The second kappa shape index (κ2) is 5.93. The summed E-state index contributed by atoms with van der Waals surface area (Å²) < 4.78 is -0.160. The maximum atomic E-state index is 11.6. The Kier molecular flexibility index (Phi) is 5.51. The van der Waals surface area contributed by atoms with Crippen molar-refractivity contribution in [2.75, 3.05) is 5.75 Å².